The van der Waals surface area contributed by atoms with Crippen LogP contribution in [-0.4, -0.2) is 38.1 Å². The first kappa shape index (κ1) is 12.0. The third-order valence-corrected chi connectivity index (χ3v) is 2.69. The quantitative estimate of drug-likeness (QED) is 0.561. The van der Waals surface area contributed by atoms with Gasteiger partial charge in [0, 0.05) is 0 Å². The van der Waals surface area contributed by atoms with Crippen LogP contribution in [0.4, 0.5) is 10.2 Å². The molecule has 1 saturated heterocycles. The van der Waals surface area contributed by atoms with Gasteiger partial charge >= 0.3 is 5.69 Å². The van der Waals surface area contributed by atoms with Crippen LogP contribution in [-0.2, 0) is 4.74 Å². The molecule has 4 N–H and O–H groups in total. The van der Waals surface area contributed by atoms with Gasteiger partial charge in [-0.1, -0.05) is 0 Å². The molecule has 0 aliphatic carbocycles. The molecule has 4 atom stereocenters. The molecule has 94 valence electrons. The zero-order valence-corrected chi connectivity index (χ0v) is 8.95. The predicted molar refractivity (Wildman–Crippen MR) is 54.5 cm³/mol. The number of aliphatic hydroxyl groups excluding tert-OH is 2. The Morgan fingerprint density at radius 2 is 2.18 bits per heavy atom. The molecule has 0 bridgehead atoms. The number of aromatic nitrogens is 2. The van der Waals surface area contributed by atoms with Gasteiger partial charge in [-0.2, -0.15) is 4.98 Å². The topological polar surface area (TPSA) is 111 Å². The van der Waals surface area contributed by atoms with E-state index in [4.69, 9.17) is 10.5 Å². The average molecular weight is 245 g/mol. The molecule has 1 aromatic heterocycles. The Balaban J connectivity index is 2.42. The number of nitrogens with two attached hydrogens (primary N) is 1. The van der Waals surface area contributed by atoms with Crippen LogP contribution in [0.25, 0.3) is 0 Å². The highest BCUT2D eigenvalue weighted by molar-refractivity contribution is 5.26. The van der Waals surface area contributed by atoms with Crippen LogP contribution in [0.2, 0.25) is 0 Å². The number of nitrogen functional groups attached to an aromatic ring is 1. The molecule has 1 aromatic rings. The van der Waals surface area contributed by atoms with Crippen molar-refractivity contribution in [3.63, 3.8) is 0 Å². The highest BCUT2D eigenvalue weighted by Gasteiger charge is 2.41. The first-order valence-corrected chi connectivity index (χ1v) is 4.97. The fourth-order valence-corrected chi connectivity index (χ4v) is 1.70. The minimum Gasteiger partial charge on any atom is -0.388 e. The van der Waals surface area contributed by atoms with Crippen molar-refractivity contribution in [2.75, 3.05) is 5.73 Å². The fraction of sp³-hybridized carbons (Fsp3) is 0.556. The van der Waals surface area contributed by atoms with E-state index in [1.54, 1.807) is 0 Å². The third-order valence-electron chi connectivity index (χ3n) is 2.69. The smallest absolute Gasteiger partial charge is 0.351 e. The Bertz CT molecular complexity index is 492. The molecule has 0 saturated carbocycles. The number of hydrogen-bond acceptors (Lipinski definition) is 6. The summed E-state index contributed by atoms with van der Waals surface area (Å²) in [7, 11) is 0. The summed E-state index contributed by atoms with van der Waals surface area (Å²) in [4.78, 5) is 14.7. The van der Waals surface area contributed by atoms with E-state index in [0.717, 1.165) is 10.8 Å². The van der Waals surface area contributed by atoms with Crippen molar-refractivity contribution in [3.8, 4) is 0 Å². The van der Waals surface area contributed by atoms with Crippen LogP contribution in [0.15, 0.2) is 11.0 Å². The standard InChI is InChI=1S/C9H12FN3O4/c1-3-5(14)6(15)8(17-3)13-2-4(10)7(11)12-9(13)16/h2-3,5-6,8,14-15H,1H3,(H2,11,12,16)/t3-,5+,6+,8-/m1/s1. The summed E-state index contributed by atoms with van der Waals surface area (Å²) >= 11 is 0. The molecule has 8 heteroatoms. The zero-order valence-electron chi connectivity index (χ0n) is 8.95. The minimum absolute atomic E-state index is 0.521. The van der Waals surface area contributed by atoms with Gasteiger partial charge < -0.3 is 20.7 Å². The molecule has 0 unspecified atom stereocenters. The van der Waals surface area contributed by atoms with E-state index in [1.807, 2.05) is 0 Å². The number of halogens is 1. The van der Waals surface area contributed by atoms with Gasteiger partial charge in [0.25, 0.3) is 0 Å². The summed E-state index contributed by atoms with van der Waals surface area (Å²) in [6.45, 7) is 1.53. The summed E-state index contributed by atoms with van der Waals surface area (Å²) in [6, 6.07) is 0. The molecule has 1 aliphatic heterocycles. The number of anilines is 1. The first-order chi connectivity index (χ1) is 7.91. The molecular formula is C9H12FN3O4. The van der Waals surface area contributed by atoms with E-state index in [-0.39, 0.29) is 0 Å². The second-order valence-corrected chi connectivity index (χ2v) is 3.88. The lowest BCUT2D eigenvalue weighted by Gasteiger charge is -2.17. The predicted octanol–water partition coefficient (Wildman–Crippen LogP) is -1.40. The SMILES string of the molecule is C[C@H]1O[C@@H](n2cc(F)c(N)nc2=O)[C@@H](O)[C@H]1O. The Labute approximate surface area is 95.3 Å². The summed E-state index contributed by atoms with van der Waals surface area (Å²) in [5.41, 5.74) is 4.27. The third kappa shape index (κ3) is 1.90. The molecule has 7 nitrogen and oxygen atoms in total. The lowest BCUT2D eigenvalue weighted by Crippen LogP contribution is -2.35. The van der Waals surface area contributed by atoms with E-state index >= 15 is 0 Å². The van der Waals surface area contributed by atoms with Gasteiger partial charge in [-0.25, -0.2) is 9.18 Å². The number of hydrogen-bond donors (Lipinski definition) is 3. The fourth-order valence-electron chi connectivity index (χ4n) is 1.70. The largest absolute Gasteiger partial charge is 0.388 e. The molecule has 17 heavy (non-hydrogen) atoms. The van der Waals surface area contributed by atoms with Gasteiger partial charge in [0.05, 0.1) is 12.3 Å². The van der Waals surface area contributed by atoms with Crippen LogP contribution in [0.5, 0.6) is 0 Å². The number of aliphatic hydroxyl groups is 2. The van der Waals surface area contributed by atoms with Crippen LogP contribution in [0.1, 0.15) is 13.2 Å². The van der Waals surface area contributed by atoms with E-state index in [2.05, 4.69) is 4.98 Å². The maximum Gasteiger partial charge on any atom is 0.351 e. The van der Waals surface area contributed by atoms with Gasteiger partial charge in [-0.05, 0) is 6.92 Å². The molecular weight excluding hydrogens is 233 g/mol. The van der Waals surface area contributed by atoms with E-state index < -0.39 is 41.9 Å². The Morgan fingerprint density at radius 3 is 2.71 bits per heavy atom. The van der Waals surface area contributed by atoms with Crippen LogP contribution in [0, 0.1) is 5.82 Å². The molecule has 1 aliphatic rings. The molecule has 0 amide bonds. The van der Waals surface area contributed by atoms with E-state index in [9.17, 15) is 19.4 Å². The molecule has 0 radical (unpaired) electrons. The van der Waals surface area contributed by atoms with E-state index in [1.165, 1.54) is 6.92 Å². The van der Waals surface area contributed by atoms with Crippen molar-refractivity contribution >= 4 is 5.82 Å². The van der Waals surface area contributed by atoms with Crippen molar-refractivity contribution in [3.05, 3.63) is 22.5 Å². The maximum atomic E-state index is 13.2. The minimum atomic E-state index is -1.33. The second-order valence-electron chi connectivity index (χ2n) is 3.88. The molecule has 0 aromatic carbocycles. The number of nitrogens with zero attached hydrogens (tertiary/aromatic N) is 2. The summed E-state index contributed by atoms with van der Waals surface area (Å²) in [5, 5.41) is 19.1. The first-order valence-electron chi connectivity index (χ1n) is 4.97. The maximum absolute atomic E-state index is 13.2. The Morgan fingerprint density at radius 1 is 1.53 bits per heavy atom. The van der Waals surface area contributed by atoms with Crippen LogP contribution >= 0.6 is 0 Å². The van der Waals surface area contributed by atoms with Gasteiger partial charge in [-0.15, -0.1) is 0 Å². The van der Waals surface area contributed by atoms with Gasteiger partial charge in [0.2, 0.25) is 0 Å². The van der Waals surface area contributed by atoms with Crippen LogP contribution < -0.4 is 11.4 Å². The summed E-state index contributed by atoms with van der Waals surface area (Å²) in [5.74, 6) is -1.42. The lowest BCUT2D eigenvalue weighted by molar-refractivity contribution is -0.0355. The average Bonchev–Trinajstić information content (AvgIpc) is 2.51. The van der Waals surface area contributed by atoms with E-state index in [0.29, 0.717) is 0 Å². The monoisotopic (exact) mass is 245 g/mol. The zero-order chi connectivity index (χ0) is 12.7. The molecule has 0 spiro atoms. The Hall–Kier alpha value is -1.51. The van der Waals surface area contributed by atoms with Crippen molar-refractivity contribution < 1.29 is 19.3 Å². The van der Waals surface area contributed by atoms with Crippen molar-refractivity contribution in [2.24, 2.45) is 0 Å². The lowest BCUT2D eigenvalue weighted by atomic mass is 10.1. The summed E-state index contributed by atoms with van der Waals surface area (Å²) < 4.78 is 19.1. The number of ether oxygens (including phenoxy) is 1. The normalized spacial score (nSPS) is 32.9. The van der Waals surface area contributed by atoms with Crippen molar-refractivity contribution in [2.45, 2.75) is 31.5 Å². The second kappa shape index (κ2) is 4.06. The van der Waals surface area contributed by atoms with Crippen molar-refractivity contribution in [1.82, 2.24) is 9.55 Å². The van der Waals surface area contributed by atoms with Crippen molar-refractivity contribution in [1.29, 1.82) is 0 Å². The highest BCUT2D eigenvalue weighted by atomic mass is 19.1. The summed E-state index contributed by atoms with van der Waals surface area (Å²) in [6.07, 6.45) is -3.51. The molecule has 2 rings (SSSR count). The van der Waals surface area contributed by atoms with Gasteiger partial charge in [0.15, 0.2) is 17.9 Å². The molecule has 1 fully saturated rings. The Kier molecular flexibility index (Phi) is 2.86. The van der Waals surface area contributed by atoms with Crippen LogP contribution in [0.3, 0.4) is 0 Å². The van der Waals surface area contributed by atoms with Gasteiger partial charge in [-0.3, -0.25) is 4.57 Å². The van der Waals surface area contributed by atoms with Gasteiger partial charge in [0.1, 0.15) is 12.2 Å². The number of rotatable bonds is 1. The highest BCUT2D eigenvalue weighted by Crippen LogP contribution is 2.28. The molecule has 2 heterocycles.